The number of nitrogens with one attached hydrogen (secondary N) is 1. The number of aromatic nitrogens is 5. The van der Waals surface area contributed by atoms with E-state index in [1.807, 2.05) is 34.1 Å². The minimum atomic E-state index is -0.0590. The van der Waals surface area contributed by atoms with Crippen LogP contribution in [0.5, 0.6) is 0 Å². The molecular formula is C12H18N6OS. The molecule has 0 bridgehead atoms. The lowest BCUT2D eigenvalue weighted by Gasteiger charge is -2.12. The molecule has 2 rings (SSSR count). The lowest BCUT2D eigenvalue weighted by molar-refractivity contribution is -0.119. The average Bonchev–Trinajstić information content (AvgIpc) is 2.92. The molecule has 2 aromatic rings. The smallest absolute Gasteiger partial charge is 0.230 e. The van der Waals surface area contributed by atoms with Gasteiger partial charge in [-0.05, 0) is 13.8 Å². The lowest BCUT2D eigenvalue weighted by atomic mass is 10.1. The van der Waals surface area contributed by atoms with Crippen LogP contribution in [0.2, 0.25) is 0 Å². The Labute approximate surface area is 121 Å². The molecule has 0 aliphatic rings. The van der Waals surface area contributed by atoms with E-state index in [-0.39, 0.29) is 11.9 Å². The number of amides is 1. The largest absolute Gasteiger partial charge is 0.349 e. The maximum Gasteiger partial charge on any atom is 0.230 e. The quantitative estimate of drug-likeness (QED) is 0.826. The van der Waals surface area contributed by atoms with E-state index in [4.69, 9.17) is 0 Å². The Balaban J connectivity index is 1.88. The van der Waals surface area contributed by atoms with Gasteiger partial charge in [-0.2, -0.15) is 5.10 Å². The van der Waals surface area contributed by atoms with E-state index >= 15 is 0 Å². The molecule has 0 aliphatic heterocycles. The topological polar surface area (TPSA) is 77.6 Å². The predicted molar refractivity (Wildman–Crippen MR) is 76.2 cm³/mol. The van der Waals surface area contributed by atoms with Gasteiger partial charge >= 0.3 is 0 Å². The summed E-state index contributed by atoms with van der Waals surface area (Å²) < 4.78 is 3.54. The Morgan fingerprint density at radius 1 is 1.50 bits per heavy atom. The molecule has 1 atom stereocenters. The molecule has 0 saturated carbocycles. The molecule has 8 heteroatoms. The summed E-state index contributed by atoms with van der Waals surface area (Å²) in [7, 11) is 3.72. The van der Waals surface area contributed by atoms with E-state index < -0.39 is 0 Å². The second-order valence-electron chi connectivity index (χ2n) is 4.65. The Morgan fingerprint density at radius 2 is 2.25 bits per heavy atom. The van der Waals surface area contributed by atoms with Crippen molar-refractivity contribution in [1.29, 1.82) is 0 Å². The summed E-state index contributed by atoms with van der Waals surface area (Å²) in [6.07, 6.45) is 3.54. The molecule has 0 aliphatic carbocycles. The van der Waals surface area contributed by atoms with E-state index in [0.29, 0.717) is 5.75 Å². The number of nitrogens with zero attached hydrogens (tertiary/aromatic N) is 5. The Morgan fingerprint density at radius 3 is 2.80 bits per heavy atom. The van der Waals surface area contributed by atoms with Crippen molar-refractivity contribution in [1.82, 2.24) is 29.9 Å². The molecule has 2 aromatic heterocycles. The maximum absolute atomic E-state index is 11.9. The van der Waals surface area contributed by atoms with Crippen LogP contribution in [0.3, 0.4) is 0 Å². The minimum absolute atomic E-state index is 0.0336. The summed E-state index contributed by atoms with van der Waals surface area (Å²) in [5.74, 6) is 0.282. The van der Waals surface area contributed by atoms with E-state index in [1.165, 1.54) is 11.8 Å². The molecule has 0 spiro atoms. The molecule has 108 valence electrons. The molecule has 0 radical (unpaired) electrons. The van der Waals surface area contributed by atoms with E-state index in [2.05, 4.69) is 20.6 Å². The molecule has 1 unspecified atom stereocenters. The van der Waals surface area contributed by atoms with Gasteiger partial charge in [-0.3, -0.25) is 9.48 Å². The van der Waals surface area contributed by atoms with Crippen molar-refractivity contribution < 1.29 is 4.79 Å². The number of hydrogen-bond donors (Lipinski definition) is 1. The van der Waals surface area contributed by atoms with Crippen molar-refractivity contribution in [2.24, 2.45) is 14.1 Å². The van der Waals surface area contributed by atoms with Crippen LogP contribution in [-0.2, 0) is 18.9 Å². The highest BCUT2D eigenvalue weighted by molar-refractivity contribution is 7.99. The number of thioether (sulfide) groups is 1. The predicted octanol–water partition coefficient (Wildman–Crippen LogP) is 0.827. The van der Waals surface area contributed by atoms with Crippen molar-refractivity contribution in [3.05, 3.63) is 23.8 Å². The van der Waals surface area contributed by atoms with Gasteiger partial charge < -0.3 is 9.88 Å². The van der Waals surface area contributed by atoms with Crippen LogP contribution in [0, 0.1) is 6.92 Å². The number of carbonyl (C=O) groups is 1. The zero-order valence-electron chi connectivity index (χ0n) is 12.0. The third kappa shape index (κ3) is 3.38. The van der Waals surface area contributed by atoms with Crippen molar-refractivity contribution in [2.75, 3.05) is 5.75 Å². The summed E-state index contributed by atoms with van der Waals surface area (Å²) in [6, 6.07) is -0.0590. The average molecular weight is 294 g/mol. The van der Waals surface area contributed by atoms with Gasteiger partial charge in [-0.1, -0.05) is 11.8 Å². The first kappa shape index (κ1) is 14.6. The van der Waals surface area contributed by atoms with E-state index in [1.54, 1.807) is 15.6 Å². The van der Waals surface area contributed by atoms with Crippen LogP contribution < -0.4 is 5.32 Å². The van der Waals surface area contributed by atoms with Crippen molar-refractivity contribution in [3.63, 3.8) is 0 Å². The zero-order chi connectivity index (χ0) is 14.7. The van der Waals surface area contributed by atoms with Crippen molar-refractivity contribution in [2.45, 2.75) is 25.0 Å². The third-order valence-corrected chi connectivity index (χ3v) is 3.93. The van der Waals surface area contributed by atoms with Gasteiger partial charge in [0.2, 0.25) is 5.91 Å². The van der Waals surface area contributed by atoms with Crippen LogP contribution in [0.15, 0.2) is 17.7 Å². The second-order valence-corrected chi connectivity index (χ2v) is 5.59. The first-order chi connectivity index (χ1) is 9.47. The maximum atomic E-state index is 11.9. The SMILES string of the molecule is Cc1nn(C)cc1C(C)NC(=O)CSc1nncn1C. The number of hydrogen-bond acceptors (Lipinski definition) is 5. The summed E-state index contributed by atoms with van der Waals surface area (Å²) in [6.45, 7) is 3.89. The molecule has 2 heterocycles. The summed E-state index contributed by atoms with van der Waals surface area (Å²) in [5, 5.41) is 15.7. The van der Waals surface area contributed by atoms with Gasteiger partial charge in [-0.15, -0.1) is 10.2 Å². The van der Waals surface area contributed by atoms with Gasteiger partial charge in [0.1, 0.15) is 6.33 Å². The van der Waals surface area contributed by atoms with E-state index in [9.17, 15) is 4.79 Å². The van der Waals surface area contributed by atoms with Gasteiger partial charge in [0.15, 0.2) is 5.16 Å². The summed E-state index contributed by atoms with van der Waals surface area (Å²) in [5.41, 5.74) is 1.96. The fourth-order valence-corrected chi connectivity index (χ4v) is 2.64. The molecule has 0 aromatic carbocycles. The Kier molecular flexibility index (Phi) is 4.43. The molecule has 20 heavy (non-hydrogen) atoms. The Hall–Kier alpha value is -1.83. The van der Waals surface area contributed by atoms with Gasteiger partial charge in [0, 0.05) is 25.9 Å². The highest BCUT2D eigenvalue weighted by atomic mass is 32.2. The van der Waals surface area contributed by atoms with Crippen LogP contribution >= 0.6 is 11.8 Å². The first-order valence-electron chi connectivity index (χ1n) is 6.23. The lowest BCUT2D eigenvalue weighted by Crippen LogP contribution is -2.28. The highest BCUT2D eigenvalue weighted by Gasteiger charge is 2.15. The molecule has 1 N–H and O–H groups in total. The standard InChI is InChI=1S/C12H18N6OS/c1-8(10-5-18(4)16-9(10)2)14-11(19)6-20-12-15-13-7-17(12)3/h5,7-8H,6H2,1-4H3,(H,14,19). The summed E-state index contributed by atoms with van der Waals surface area (Å²) in [4.78, 5) is 11.9. The fourth-order valence-electron chi connectivity index (χ4n) is 1.94. The molecule has 1 amide bonds. The van der Waals surface area contributed by atoms with Crippen molar-refractivity contribution in [3.8, 4) is 0 Å². The third-order valence-electron chi connectivity index (χ3n) is 2.90. The Bertz CT molecular complexity index is 605. The normalized spacial score (nSPS) is 12.4. The van der Waals surface area contributed by atoms with Gasteiger partial charge in [0.05, 0.1) is 17.5 Å². The number of aryl methyl sites for hydroxylation is 3. The van der Waals surface area contributed by atoms with Crippen LogP contribution in [0.25, 0.3) is 0 Å². The number of carbonyl (C=O) groups excluding carboxylic acids is 1. The number of rotatable bonds is 5. The molecule has 0 saturated heterocycles. The van der Waals surface area contributed by atoms with E-state index in [0.717, 1.165) is 16.4 Å². The monoisotopic (exact) mass is 294 g/mol. The molecule has 0 fully saturated rings. The second kappa shape index (κ2) is 6.08. The summed E-state index contributed by atoms with van der Waals surface area (Å²) >= 11 is 1.36. The van der Waals surface area contributed by atoms with Crippen LogP contribution in [0.1, 0.15) is 24.2 Å². The minimum Gasteiger partial charge on any atom is -0.349 e. The highest BCUT2D eigenvalue weighted by Crippen LogP contribution is 2.17. The first-order valence-corrected chi connectivity index (χ1v) is 7.22. The van der Waals surface area contributed by atoms with Crippen LogP contribution in [0.4, 0.5) is 0 Å². The van der Waals surface area contributed by atoms with Gasteiger partial charge in [0.25, 0.3) is 0 Å². The molecule has 7 nitrogen and oxygen atoms in total. The van der Waals surface area contributed by atoms with Crippen molar-refractivity contribution >= 4 is 17.7 Å². The zero-order valence-corrected chi connectivity index (χ0v) is 12.8. The molecular weight excluding hydrogens is 276 g/mol. The van der Waals surface area contributed by atoms with Crippen LogP contribution in [-0.4, -0.2) is 36.2 Å². The van der Waals surface area contributed by atoms with Gasteiger partial charge in [-0.25, -0.2) is 0 Å². The fraction of sp³-hybridized carbons (Fsp3) is 0.500.